The summed E-state index contributed by atoms with van der Waals surface area (Å²) in [6, 6.07) is 7.67. The van der Waals surface area contributed by atoms with Gasteiger partial charge in [0.1, 0.15) is 0 Å². The average Bonchev–Trinajstić information content (AvgIpc) is 2.36. The number of aromatic nitrogens is 1. The Labute approximate surface area is 100 Å². The topological polar surface area (TPSA) is 39.2 Å². The molecule has 0 aliphatic carbocycles. The smallest absolute Gasteiger partial charge is 0.338 e. The van der Waals surface area contributed by atoms with Crippen LogP contribution in [-0.2, 0) is 11.2 Å². The highest BCUT2D eigenvalue weighted by Gasteiger charge is 2.13. The fraction of sp³-hybridized carbons (Fsp3) is 0.286. The average molecular weight is 229 g/mol. The van der Waals surface area contributed by atoms with Gasteiger partial charge in [0.15, 0.2) is 0 Å². The highest BCUT2D eigenvalue weighted by Crippen LogP contribution is 2.22. The summed E-state index contributed by atoms with van der Waals surface area (Å²) in [6.07, 6.45) is 0.897. The maximum absolute atomic E-state index is 11.7. The summed E-state index contributed by atoms with van der Waals surface area (Å²) in [7, 11) is 1.40. The summed E-state index contributed by atoms with van der Waals surface area (Å²) in [5.41, 5.74) is 3.47. The molecule has 2 aromatic rings. The summed E-state index contributed by atoms with van der Waals surface area (Å²) in [4.78, 5) is 16.2. The first-order chi connectivity index (χ1) is 8.17. The molecule has 0 bridgehead atoms. The summed E-state index contributed by atoms with van der Waals surface area (Å²) < 4.78 is 4.81. The van der Waals surface area contributed by atoms with Gasteiger partial charge in [0.2, 0.25) is 0 Å². The Bertz CT molecular complexity index is 576. The first kappa shape index (κ1) is 11.6. The van der Waals surface area contributed by atoms with Crippen LogP contribution in [0, 0.1) is 6.92 Å². The van der Waals surface area contributed by atoms with Crippen LogP contribution >= 0.6 is 0 Å². The number of carbonyl (C=O) groups excluding carboxylic acids is 1. The molecule has 0 unspecified atom stereocenters. The van der Waals surface area contributed by atoms with E-state index in [1.165, 1.54) is 7.11 Å². The van der Waals surface area contributed by atoms with Crippen molar-refractivity contribution >= 4 is 16.9 Å². The maximum Gasteiger partial charge on any atom is 0.338 e. The molecule has 0 atom stereocenters. The largest absolute Gasteiger partial charge is 0.465 e. The second-order valence-electron chi connectivity index (χ2n) is 3.97. The Morgan fingerprint density at radius 3 is 2.82 bits per heavy atom. The number of nitrogens with zero attached hydrogens (tertiary/aromatic N) is 1. The molecule has 0 radical (unpaired) electrons. The molecule has 0 saturated heterocycles. The van der Waals surface area contributed by atoms with Gasteiger partial charge in [0.25, 0.3) is 0 Å². The number of esters is 1. The molecule has 0 N–H and O–H groups in total. The molecule has 1 aromatic heterocycles. The van der Waals surface area contributed by atoms with E-state index in [4.69, 9.17) is 4.74 Å². The number of fused-ring (bicyclic) bond motifs is 1. The van der Waals surface area contributed by atoms with Crippen LogP contribution < -0.4 is 0 Å². The van der Waals surface area contributed by atoms with E-state index >= 15 is 0 Å². The zero-order valence-corrected chi connectivity index (χ0v) is 10.3. The zero-order valence-electron chi connectivity index (χ0n) is 10.3. The highest BCUT2D eigenvalue weighted by molar-refractivity contribution is 6.04. The Morgan fingerprint density at radius 1 is 1.41 bits per heavy atom. The van der Waals surface area contributed by atoms with Crippen molar-refractivity contribution in [3.8, 4) is 0 Å². The Balaban J connectivity index is 2.81. The molecule has 2 rings (SSSR count). The summed E-state index contributed by atoms with van der Waals surface area (Å²) in [5.74, 6) is -0.311. The Hall–Kier alpha value is -1.90. The molecule has 1 heterocycles. The minimum absolute atomic E-state index is 0.311. The van der Waals surface area contributed by atoms with Gasteiger partial charge in [0, 0.05) is 11.1 Å². The highest BCUT2D eigenvalue weighted by atomic mass is 16.5. The normalized spacial score (nSPS) is 10.5. The summed E-state index contributed by atoms with van der Waals surface area (Å²) >= 11 is 0. The van der Waals surface area contributed by atoms with Crippen LogP contribution in [0.5, 0.6) is 0 Å². The molecule has 0 amide bonds. The van der Waals surface area contributed by atoms with Crippen molar-refractivity contribution in [2.45, 2.75) is 20.3 Å². The van der Waals surface area contributed by atoms with Gasteiger partial charge < -0.3 is 4.74 Å². The third-order valence-corrected chi connectivity index (χ3v) is 2.84. The molecule has 1 aromatic carbocycles. The number of pyridine rings is 1. The number of ether oxygens (including phenoxy) is 1. The first-order valence-electron chi connectivity index (χ1n) is 5.65. The van der Waals surface area contributed by atoms with Crippen molar-refractivity contribution in [1.82, 2.24) is 4.98 Å². The molecular formula is C14H15NO2. The van der Waals surface area contributed by atoms with Crippen LogP contribution in [0.25, 0.3) is 10.9 Å². The number of para-hydroxylation sites is 1. The predicted molar refractivity (Wildman–Crippen MR) is 67.2 cm³/mol. The van der Waals surface area contributed by atoms with E-state index < -0.39 is 0 Å². The molecule has 0 saturated carbocycles. The van der Waals surface area contributed by atoms with Crippen LogP contribution in [-0.4, -0.2) is 18.1 Å². The lowest BCUT2D eigenvalue weighted by molar-refractivity contribution is 0.0603. The quantitative estimate of drug-likeness (QED) is 0.743. The number of aryl methyl sites for hydroxylation is 2. The van der Waals surface area contributed by atoms with E-state index in [9.17, 15) is 4.79 Å². The lowest BCUT2D eigenvalue weighted by atomic mass is 10.0. The van der Waals surface area contributed by atoms with Gasteiger partial charge in [-0.3, -0.25) is 4.98 Å². The van der Waals surface area contributed by atoms with E-state index in [1.54, 1.807) is 6.07 Å². The molecule has 3 nitrogen and oxygen atoms in total. The monoisotopic (exact) mass is 229 g/mol. The molecule has 0 fully saturated rings. The van der Waals surface area contributed by atoms with Crippen molar-refractivity contribution < 1.29 is 9.53 Å². The van der Waals surface area contributed by atoms with Crippen molar-refractivity contribution in [2.75, 3.05) is 7.11 Å². The minimum atomic E-state index is -0.311. The van der Waals surface area contributed by atoms with Crippen LogP contribution in [0.4, 0.5) is 0 Å². The molecule has 0 spiro atoms. The molecule has 3 heteroatoms. The molecule has 88 valence electrons. The number of rotatable bonds is 2. The van der Waals surface area contributed by atoms with Crippen LogP contribution in [0.1, 0.15) is 28.5 Å². The van der Waals surface area contributed by atoms with Gasteiger partial charge in [-0.05, 0) is 25.0 Å². The van der Waals surface area contributed by atoms with E-state index in [0.29, 0.717) is 5.56 Å². The third-order valence-electron chi connectivity index (χ3n) is 2.84. The SMILES string of the molecule is CCc1cccc2c(C(=O)OC)cc(C)nc12. The zero-order chi connectivity index (χ0) is 12.4. The van der Waals surface area contributed by atoms with Crippen molar-refractivity contribution in [3.63, 3.8) is 0 Å². The lowest BCUT2D eigenvalue weighted by Crippen LogP contribution is -2.04. The van der Waals surface area contributed by atoms with Gasteiger partial charge in [0.05, 0.1) is 18.2 Å². The van der Waals surface area contributed by atoms with E-state index in [2.05, 4.69) is 11.9 Å². The summed E-state index contributed by atoms with van der Waals surface area (Å²) in [6.45, 7) is 3.97. The van der Waals surface area contributed by atoms with Gasteiger partial charge in [-0.1, -0.05) is 25.1 Å². The predicted octanol–water partition coefficient (Wildman–Crippen LogP) is 2.89. The first-order valence-corrected chi connectivity index (χ1v) is 5.65. The van der Waals surface area contributed by atoms with Gasteiger partial charge in [-0.15, -0.1) is 0 Å². The number of benzene rings is 1. The fourth-order valence-electron chi connectivity index (χ4n) is 2.00. The van der Waals surface area contributed by atoms with Crippen LogP contribution in [0.2, 0.25) is 0 Å². The lowest BCUT2D eigenvalue weighted by Gasteiger charge is -2.08. The third kappa shape index (κ3) is 2.00. The number of methoxy groups -OCH3 is 1. The van der Waals surface area contributed by atoms with Gasteiger partial charge in [-0.2, -0.15) is 0 Å². The molecule has 0 aliphatic heterocycles. The molecule has 0 aliphatic rings. The molecule has 17 heavy (non-hydrogen) atoms. The number of carbonyl (C=O) groups is 1. The fourth-order valence-corrected chi connectivity index (χ4v) is 2.00. The Kier molecular flexibility index (Phi) is 3.09. The van der Waals surface area contributed by atoms with E-state index in [1.807, 2.05) is 25.1 Å². The maximum atomic E-state index is 11.7. The number of hydrogen-bond acceptors (Lipinski definition) is 3. The molecular weight excluding hydrogens is 214 g/mol. The minimum Gasteiger partial charge on any atom is -0.465 e. The summed E-state index contributed by atoms with van der Waals surface area (Å²) in [5, 5.41) is 0.863. The second-order valence-corrected chi connectivity index (χ2v) is 3.97. The van der Waals surface area contributed by atoms with Crippen LogP contribution in [0.3, 0.4) is 0 Å². The number of hydrogen-bond donors (Lipinski definition) is 0. The van der Waals surface area contributed by atoms with E-state index in [0.717, 1.165) is 28.6 Å². The van der Waals surface area contributed by atoms with Crippen molar-refractivity contribution in [3.05, 3.63) is 41.1 Å². The van der Waals surface area contributed by atoms with Crippen LogP contribution in [0.15, 0.2) is 24.3 Å². The second kappa shape index (κ2) is 4.53. The standard InChI is InChI=1S/C14H15NO2/c1-4-10-6-5-7-11-12(14(16)17-3)8-9(2)15-13(10)11/h5-8H,4H2,1-3H3. The van der Waals surface area contributed by atoms with Gasteiger partial charge in [-0.25, -0.2) is 4.79 Å². The Morgan fingerprint density at radius 2 is 2.18 bits per heavy atom. The van der Waals surface area contributed by atoms with Gasteiger partial charge >= 0.3 is 5.97 Å². The van der Waals surface area contributed by atoms with Crippen molar-refractivity contribution in [2.24, 2.45) is 0 Å². The van der Waals surface area contributed by atoms with Crippen molar-refractivity contribution in [1.29, 1.82) is 0 Å². The van der Waals surface area contributed by atoms with E-state index in [-0.39, 0.29) is 5.97 Å².